The number of hydrogen-bond donors (Lipinski definition) is 10. The van der Waals surface area contributed by atoms with Crippen LogP contribution in [0, 0.1) is 37.4 Å². The van der Waals surface area contributed by atoms with Gasteiger partial charge in [-0.15, -0.1) is 0 Å². The lowest BCUT2D eigenvalue weighted by molar-refractivity contribution is -0.153. The van der Waals surface area contributed by atoms with E-state index in [-0.39, 0.29) is 82.4 Å². The number of hydrogen-bond acceptors (Lipinski definition) is 17. The number of aliphatic hydroxyl groups excluding tert-OH is 2. The molecule has 12 N–H and O–H groups in total. The average Bonchev–Trinajstić information content (AvgIpc) is 4.05. The maximum absolute atomic E-state index is 16.1. The van der Waals surface area contributed by atoms with E-state index in [1.54, 1.807) is 26.8 Å². The summed E-state index contributed by atoms with van der Waals surface area (Å²) < 4.78 is 35.1. The maximum Gasteiger partial charge on any atom is 0.341 e. The van der Waals surface area contributed by atoms with E-state index in [0.29, 0.717) is 48.3 Å². The number of nitrogens with one attached hydrogen (secondary N) is 2. The quantitative estimate of drug-likeness (QED) is 0.0653. The Morgan fingerprint density at radius 1 is 0.973 bits per heavy atom. The fourth-order valence-corrected chi connectivity index (χ4v) is 10.9. The summed E-state index contributed by atoms with van der Waals surface area (Å²) in [7, 11) is 0. The third kappa shape index (κ3) is 10.2. The van der Waals surface area contributed by atoms with Crippen molar-refractivity contribution in [2.75, 3.05) is 36.5 Å². The number of benzene rings is 2. The summed E-state index contributed by atoms with van der Waals surface area (Å²) in [4.78, 5) is 67.9. The van der Waals surface area contributed by atoms with Crippen LogP contribution in [-0.2, 0) is 25.6 Å². The molecule has 9 atom stereocenters. The minimum absolute atomic E-state index is 0.0346. The van der Waals surface area contributed by atoms with Crippen molar-refractivity contribution in [3.05, 3.63) is 85.6 Å². The van der Waals surface area contributed by atoms with E-state index in [1.807, 2.05) is 4.90 Å². The normalized spacial score (nSPS) is 28.1. The van der Waals surface area contributed by atoms with E-state index in [9.17, 15) is 54.6 Å². The van der Waals surface area contributed by atoms with Crippen LogP contribution < -0.4 is 37.3 Å². The van der Waals surface area contributed by atoms with E-state index in [4.69, 9.17) is 25.7 Å². The maximum atomic E-state index is 16.1. The predicted octanol–water partition coefficient (Wildman–Crippen LogP) is 4.64. The van der Waals surface area contributed by atoms with Gasteiger partial charge in [-0.1, -0.05) is 32.1 Å². The summed E-state index contributed by atoms with van der Waals surface area (Å²) in [6.45, 7) is 11.4. The van der Waals surface area contributed by atoms with Crippen molar-refractivity contribution < 1.29 is 68.4 Å². The van der Waals surface area contributed by atoms with Crippen molar-refractivity contribution in [2.45, 2.75) is 129 Å². The molecule has 5 aliphatic rings. The van der Waals surface area contributed by atoms with Crippen LogP contribution in [0.5, 0.6) is 23.0 Å². The highest BCUT2D eigenvalue weighted by atomic mass is 19.1. The Morgan fingerprint density at radius 3 is 2.35 bits per heavy atom. The number of rotatable bonds is 8. The van der Waals surface area contributed by atoms with Crippen LogP contribution in [-0.4, -0.2) is 121 Å². The number of carboxylic acid groups (broad SMARTS) is 1. The molecule has 20 nitrogen and oxygen atoms in total. The molecule has 404 valence electrons. The van der Waals surface area contributed by atoms with E-state index in [0.717, 1.165) is 23.4 Å². The average molecular weight is 1040 g/mol. The number of nitrogens with zero attached hydrogens (tertiary/aromatic N) is 2. The molecular weight excluding hydrogens is 976 g/mol. The van der Waals surface area contributed by atoms with Gasteiger partial charge in [0.15, 0.2) is 11.6 Å². The van der Waals surface area contributed by atoms with Gasteiger partial charge in [0, 0.05) is 68.0 Å². The molecule has 2 aromatic carbocycles. The number of ketones is 1. The molecule has 5 bridgehead atoms. The van der Waals surface area contributed by atoms with E-state index < -0.39 is 106 Å². The van der Waals surface area contributed by atoms with Gasteiger partial charge < -0.3 is 71.9 Å². The van der Waals surface area contributed by atoms with Crippen LogP contribution in [0.15, 0.2) is 40.9 Å². The number of carbonyl (C=O) groups excluding carboxylic acids is 3. The molecule has 4 aromatic rings. The monoisotopic (exact) mass is 1040 g/mol. The van der Waals surface area contributed by atoms with Crippen LogP contribution in [0.1, 0.15) is 116 Å². The van der Waals surface area contributed by atoms with Gasteiger partial charge in [-0.25, -0.2) is 9.18 Å². The second kappa shape index (κ2) is 21.2. The first-order chi connectivity index (χ1) is 35.4. The summed E-state index contributed by atoms with van der Waals surface area (Å²) in [5.74, 6) is -9.35. The van der Waals surface area contributed by atoms with Gasteiger partial charge in [0.1, 0.15) is 28.9 Å². The molecule has 0 spiro atoms. The number of nitrogens with two attached hydrogens (primary N) is 2. The number of carboxylic acids is 1. The first-order valence-corrected chi connectivity index (χ1v) is 25.3. The number of anilines is 2. The Labute approximate surface area is 431 Å². The molecule has 2 aromatic heterocycles. The molecule has 1 saturated carbocycles. The van der Waals surface area contributed by atoms with Gasteiger partial charge in [0.2, 0.25) is 5.78 Å². The predicted molar refractivity (Wildman–Crippen MR) is 275 cm³/mol. The van der Waals surface area contributed by atoms with Crippen molar-refractivity contribution in [3.8, 4) is 23.0 Å². The highest BCUT2D eigenvalue weighted by Gasteiger charge is 2.49. The molecule has 75 heavy (non-hydrogen) atoms. The Bertz CT molecular complexity index is 3120. The zero-order chi connectivity index (χ0) is 54.7. The molecule has 1 aliphatic carbocycles. The number of aliphatic hydroxyl groups is 2. The number of Topliss-reactive ketones (excluding diaryl/α,β-unsaturated/α-hetero) is 1. The number of amides is 1. The van der Waals surface area contributed by atoms with Crippen molar-refractivity contribution in [3.63, 3.8) is 0 Å². The topological polar surface area (TPSA) is 318 Å². The number of halogens is 1. The van der Waals surface area contributed by atoms with Crippen LogP contribution in [0.4, 0.5) is 15.8 Å². The van der Waals surface area contributed by atoms with Crippen molar-refractivity contribution >= 4 is 51.3 Å². The minimum Gasteiger partial charge on any atom is -0.507 e. The van der Waals surface area contributed by atoms with Gasteiger partial charge in [0.25, 0.3) is 17.3 Å². The van der Waals surface area contributed by atoms with Gasteiger partial charge in [0.05, 0.1) is 64.9 Å². The number of ether oxygens (including phenoxy) is 3. The number of aromatic carboxylic acids is 1. The summed E-state index contributed by atoms with van der Waals surface area (Å²) >= 11 is 0. The van der Waals surface area contributed by atoms with Gasteiger partial charge >= 0.3 is 11.9 Å². The largest absolute Gasteiger partial charge is 0.507 e. The van der Waals surface area contributed by atoms with Gasteiger partial charge in [-0.05, 0) is 87.8 Å². The Morgan fingerprint density at radius 2 is 1.68 bits per heavy atom. The minimum atomic E-state index is -2.00. The van der Waals surface area contributed by atoms with E-state index in [1.165, 1.54) is 45.9 Å². The number of aromatic nitrogens is 1. The zero-order valence-corrected chi connectivity index (χ0v) is 43.0. The molecule has 2 fully saturated rings. The molecule has 6 heterocycles. The number of fused-ring (bicyclic) bond motifs is 16. The standard InChI is InChI=1S/C54H67FN6O14/c1-23-10-8-11-25(3)51(69)59-40-33(20-58-19-29-15-16-60(21-29)42-26(4)41-31(30-13-14-30)18-32(53(71)72)52(70)61(41)22-34(42)55)45(65)35-36(46(40)66)44(64)27(5)49-37(35)50(68)54(7,75-49)73-17-9-12-24(2)48(74-28(6)62)39(57)47(67)38(56)43(23)63/h8,10-11,18,22-24,29-30,38-39,43,47-48,58,63-67H,9,12-17,19-21,56-57H2,1-7H3,(H,59,69)(H,71,72)/b10-8+,25-11-/t23-,24+,29?,38+,39+,43-,47+,48+,54-/m0/s1. The van der Waals surface area contributed by atoms with Gasteiger partial charge in [-0.2, -0.15) is 0 Å². The summed E-state index contributed by atoms with van der Waals surface area (Å²) in [5.41, 5.74) is 13.2. The second-order valence-corrected chi connectivity index (χ2v) is 20.9. The molecule has 9 rings (SSSR count). The summed E-state index contributed by atoms with van der Waals surface area (Å²) in [6, 6.07) is -1.11. The second-order valence-electron chi connectivity index (χ2n) is 20.9. The zero-order valence-electron chi connectivity index (χ0n) is 43.0. The number of phenolic OH excluding ortho intramolecular Hbond substituents is 3. The highest BCUT2D eigenvalue weighted by Crippen LogP contribution is 2.55. The molecular formula is C54H67FN6O14. The smallest absolute Gasteiger partial charge is 0.341 e. The molecule has 1 unspecified atom stereocenters. The highest BCUT2D eigenvalue weighted by molar-refractivity contribution is 6.22. The summed E-state index contributed by atoms with van der Waals surface area (Å²) in [6.07, 6.45) is 4.36. The van der Waals surface area contributed by atoms with Crippen LogP contribution >= 0.6 is 0 Å². The first-order valence-electron chi connectivity index (χ1n) is 25.3. The number of phenols is 3. The Hall–Kier alpha value is -6.62. The molecule has 0 radical (unpaired) electrons. The van der Waals surface area contributed by atoms with Crippen molar-refractivity contribution in [2.24, 2.45) is 29.2 Å². The number of aryl methyl sites for hydroxylation is 1. The number of carbonyl (C=O) groups is 4. The van der Waals surface area contributed by atoms with E-state index >= 15 is 4.39 Å². The Balaban J connectivity index is 1.13. The first kappa shape index (κ1) is 54.6. The lowest BCUT2D eigenvalue weighted by Crippen LogP contribution is -2.59. The lowest BCUT2D eigenvalue weighted by atomic mass is 9.85. The van der Waals surface area contributed by atoms with Crippen molar-refractivity contribution in [1.82, 2.24) is 9.72 Å². The van der Waals surface area contributed by atoms with E-state index in [2.05, 4.69) is 10.6 Å². The number of esters is 1. The molecule has 21 heteroatoms. The molecule has 1 amide bonds. The van der Waals surface area contributed by atoms with Crippen LogP contribution in [0.2, 0.25) is 0 Å². The SMILES string of the molecule is CC(=O)O[C@H]1[C@H](N)[C@H](O)[C@H](N)[C@@H](O)[C@@H](C)/C=C/C=C(/C)C(=O)Nc2c(CNCC3CCN(c4c(F)cn5c(=O)c(C(=O)O)cc(C6CC6)c5c4C)C3)c(O)c3c4c(c(C)c(O)c3c2O)O[C@](C)(OCCC[C@H]1C)C4=O. The fraction of sp³-hybridized carbons (Fsp3) is 0.500. The van der Waals surface area contributed by atoms with Crippen molar-refractivity contribution in [1.29, 1.82) is 0 Å². The third-order valence-electron chi connectivity index (χ3n) is 15.4. The van der Waals surface area contributed by atoms with Crippen LogP contribution in [0.3, 0.4) is 0 Å². The third-order valence-corrected chi connectivity index (χ3v) is 15.4. The fourth-order valence-electron chi connectivity index (χ4n) is 10.9. The number of aromatic hydroxyl groups is 3. The Kier molecular flexibility index (Phi) is 15.4. The summed E-state index contributed by atoms with van der Waals surface area (Å²) in [5, 5.41) is 73.9. The lowest BCUT2D eigenvalue weighted by Gasteiger charge is -2.36. The molecule has 1 saturated heterocycles. The number of pyridine rings is 2. The van der Waals surface area contributed by atoms with Gasteiger partial charge in [-0.3, -0.25) is 23.6 Å². The number of allylic oxidation sites excluding steroid dienone is 2. The molecule has 4 aliphatic heterocycles. The van der Waals surface area contributed by atoms with Crippen LogP contribution in [0.25, 0.3) is 16.3 Å².